The summed E-state index contributed by atoms with van der Waals surface area (Å²) in [6.07, 6.45) is 0.859. The molecule has 0 saturated carbocycles. The summed E-state index contributed by atoms with van der Waals surface area (Å²) in [4.78, 5) is 6.24. The van der Waals surface area contributed by atoms with Gasteiger partial charge in [0, 0.05) is 13.1 Å². The van der Waals surface area contributed by atoms with Crippen molar-refractivity contribution in [2.45, 2.75) is 38.9 Å². The fourth-order valence-corrected chi connectivity index (χ4v) is 1.49. The number of aliphatic hydroxyl groups is 1. The van der Waals surface area contributed by atoms with E-state index in [1.165, 1.54) is 0 Å². The van der Waals surface area contributed by atoms with Gasteiger partial charge in [0.1, 0.15) is 0 Å². The molecule has 0 aromatic rings. The molecule has 0 aromatic carbocycles. The summed E-state index contributed by atoms with van der Waals surface area (Å²) in [6.45, 7) is 8.29. The Bertz CT molecular complexity index is 254. The van der Waals surface area contributed by atoms with Crippen LogP contribution in [-0.2, 0) is 4.74 Å². The van der Waals surface area contributed by atoms with Gasteiger partial charge in [-0.15, -0.1) is 0 Å². The first-order valence-corrected chi connectivity index (χ1v) is 5.83. The average molecular weight is 229 g/mol. The zero-order valence-electron chi connectivity index (χ0n) is 10.4. The molecule has 1 aliphatic rings. The third-order valence-electron chi connectivity index (χ3n) is 2.91. The Morgan fingerprint density at radius 3 is 2.94 bits per heavy atom. The van der Waals surface area contributed by atoms with Crippen molar-refractivity contribution >= 4 is 5.96 Å². The Labute approximate surface area is 97.3 Å². The lowest BCUT2D eigenvalue weighted by Crippen LogP contribution is -2.48. The zero-order chi connectivity index (χ0) is 12.2. The number of morpholine rings is 1. The summed E-state index contributed by atoms with van der Waals surface area (Å²) >= 11 is 0. The van der Waals surface area contributed by atoms with Gasteiger partial charge in [0.25, 0.3) is 0 Å². The van der Waals surface area contributed by atoms with Gasteiger partial charge in [-0.3, -0.25) is 4.99 Å². The molecule has 1 heterocycles. The van der Waals surface area contributed by atoms with Crippen molar-refractivity contribution in [3.8, 4) is 0 Å². The van der Waals surface area contributed by atoms with E-state index in [2.05, 4.69) is 4.99 Å². The molecule has 0 aliphatic carbocycles. The lowest BCUT2D eigenvalue weighted by molar-refractivity contribution is 0.00498. The second-order valence-corrected chi connectivity index (χ2v) is 4.65. The van der Waals surface area contributed by atoms with Crippen LogP contribution in [0.3, 0.4) is 0 Å². The average Bonchev–Trinajstić information content (AvgIpc) is 2.26. The Morgan fingerprint density at radius 1 is 1.69 bits per heavy atom. The molecule has 1 aliphatic heterocycles. The van der Waals surface area contributed by atoms with E-state index < -0.39 is 5.60 Å². The van der Waals surface area contributed by atoms with E-state index in [0.29, 0.717) is 25.5 Å². The van der Waals surface area contributed by atoms with Crippen LogP contribution < -0.4 is 5.73 Å². The molecule has 1 fully saturated rings. The van der Waals surface area contributed by atoms with E-state index >= 15 is 0 Å². The molecular weight excluding hydrogens is 206 g/mol. The van der Waals surface area contributed by atoms with Crippen molar-refractivity contribution in [3.05, 3.63) is 0 Å². The van der Waals surface area contributed by atoms with E-state index in [1.54, 1.807) is 6.92 Å². The maximum absolute atomic E-state index is 9.82. The number of rotatable bonds is 3. The van der Waals surface area contributed by atoms with Gasteiger partial charge in [0.15, 0.2) is 5.96 Å². The van der Waals surface area contributed by atoms with E-state index in [9.17, 15) is 5.11 Å². The molecule has 1 saturated heterocycles. The van der Waals surface area contributed by atoms with Crippen LogP contribution in [0.2, 0.25) is 0 Å². The number of hydrogen-bond donors (Lipinski definition) is 2. The number of ether oxygens (including phenoxy) is 1. The predicted octanol–water partition coefficient (Wildman–Crippen LogP) is 0.183. The van der Waals surface area contributed by atoms with Gasteiger partial charge in [-0.1, -0.05) is 6.92 Å². The molecule has 3 N–H and O–H groups in total. The molecule has 2 unspecified atom stereocenters. The smallest absolute Gasteiger partial charge is 0.191 e. The highest BCUT2D eigenvalue weighted by molar-refractivity contribution is 5.78. The van der Waals surface area contributed by atoms with Crippen molar-refractivity contribution in [1.29, 1.82) is 0 Å². The summed E-state index contributed by atoms with van der Waals surface area (Å²) < 4.78 is 5.42. The third-order valence-corrected chi connectivity index (χ3v) is 2.91. The Balaban J connectivity index is 2.49. The minimum atomic E-state index is -0.761. The molecule has 0 spiro atoms. The molecule has 0 bridgehead atoms. The fourth-order valence-electron chi connectivity index (χ4n) is 1.49. The standard InChI is InChI=1S/C11H23N3O2/c1-4-11(3,15)8-13-10(12)14-5-6-16-9(2)7-14/h9,15H,4-8H2,1-3H3,(H2,12,13). The van der Waals surface area contributed by atoms with Gasteiger partial charge in [-0.25, -0.2) is 0 Å². The van der Waals surface area contributed by atoms with Crippen molar-refractivity contribution in [2.24, 2.45) is 10.7 Å². The highest BCUT2D eigenvalue weighted by Gasteiger charge is 2.20. The van der Waals surface area contributed by atoms with Crippen LogP contribution >= 0.6 is 0 Å². The molecule has 5 heteroatoms. The van der Waals surface area contributed by atoms with Crippen LogP contribution in [0.15, 0.2) is 4.99 Å². The molecule has 2 atom stereocenters. The van der Waals surface area contributed by atoms with Crippen molar-refractivity contribution in [2.75, 3.05) is 26.2 Å². The number of hydrogen-bond acceptors (Lipinski definition) is 3. The van der Waals surface area contributed by atoms with E-state index in [-0.39, 0.29) is 6.10 Å². The molecule has 0 amide bonds. The highest BCUT2D eigenvalue weighted by atomic mass is 16.5. The number of aliphatic imine (C=N–C) groups is 1. The summed E-state index contributed by atoms with van der Waals surface area (Å²) in [7, 11) is 0. The number of guanidine groups is 1. The molecular formula is C11H23N3O2. The number of nitrogens with zero attached hydrogens (tertiary/aromatic N) is 2. The summed E-state index contributed by atoms with van der Waals surface area (Å²) in [5.74, 6) is 0.504. The maximum Gasteiger partial charge on any atom is 0.191 e. The molecule has 0 radical (unpaired) electrons. The van der Waals surface area contributed by atoms with Crippen LogP contribution in [0.25, 0.3) is 0 Å². The second-order valence-electron chi connectivity index (χ2n) is 4.65. The summed E-state index contributed by atoms with van der Waals surface area (Å²) in [6, 6.07) is 0. The summed E-state index contributed by atoms with van der Waals surface area (Å²) in [5, 5.41) is 9.82. The molecule has 0 aromatic heterocycles. The Kier molecular flexibility index (Phi) is 4.56. The van der Waals surface area contributed by atoms with Crippen molar-refractivity contribution in [3.63, 3.8) is 0 Å². The first kappa shape index (κ1) is 13.3. The third kappa shape index (κ3) is 3.98. The normalized spacial score (nSPS) is 26.6. The van der Waals surface area contributed by atoms with Gasteiger partial charge in [0.05, 0.1) is 24.9 Å². The van der Waals surface area contributed by atoms with Crippen LogP contribution in [0.1, 0.15) is 27.2 Å². The van der Waals surface area contributed by atoms with Gasteiger partial charge in [-0.2, -0.15) is 0 Å². The first-order chi connectivity index (χ1) is 7.44. The molecule has 94 valence electrons. The van der Waals surface area contributed by atoms with Gasteiger partial charge >= 0.3 is 0 Å². The molecule has 16 heavy (non-hydrogen) atoms. The maximum atomic E-state index is 9.82. The number of nitrogens with two attached hydrogens (primary N) is 1. The SMILES string of the molecule is CCC(C)(O)CN=C(N)N1CCOC(C)C1. The van der Waals surface area contributed by atoms with Gasteiger partial charge in [0.2, 0.25) is 0 Å². The second kappa shape index (κ2) is 5.50. The van der Waals surface area contributed by atoms with Crippen molar-refractivity contribution in [1.82, 2.24) is 4.90 Å². The molecule has 1 rings (SSSR count). The monoisotopic (exact) mass is 229 g/mol. The van der Waals surface area contributed by atoms with Crippen LogP contribution in [0, 0.1) is 0 Å². The minimum Gasteiger partial charge on any atom is -0.388 e. The van der Waals surface area contributed by atoms with E-state index in [1.807, 2.05) is 18.7 Å². The van der Waals surface area contributed by atoms with Gasteiger partial charge in [-0.05, 0) is 20.3 Å². The minimum absolute atomic E-state index is 0.189. The van der Waals surface area contributed by atoms with E-state index in [0.717, 1.165) is 13.1 Å². The predicted molar refractivity (Wildman–Crippen MR) is 64.4 cm³/mol. The largest absolute Gasteiger partial charge is 0.388 e. The molecule has 5 nitrogen and oxygen atoms in total. The van der Waals surface area contributed by atoms with Crippen LogP contribution in [0.4, 0.5) is 0 Å². The van der Waals surface area contributed by atoms with Crippen molar-refractivity contribution < 1.29 is 9.84 Å². The lowest BCUT2D eigenvalue weighted by atomic mass is 10.1. The quantitative estimate of drug-likeness (QED) is 0.535. The zero-order valence-corrected chi connectivity index (χ0v) is 10.4. The Hall–Kier alpha value is -0.810. The first-order valence-electron chi connectivity index (χ1n) is 5.83. The van der Waals surface area contributed by atoms with Gasteiger partial charge < -0.3 is 20.5 Å². The lowest BCUT2D eigenvalue weighted by Gasteiger charge is -2.32. The highest BCUT2D eigenvalue weighted by Crippen LogP contribution is 2.09. The summed E-state index contributed by atoms with van der Waals surface area (Å²) in [5.41, 5.74) is 5.12. The fraction of sp³-hybridized carbons (Fsp3) is 0.909. The van der Waals surface area contributed by atoms with Crippen LogP contribution in [0.5, 0.6) is 0 Å². The topological polar surface area (TPSA) is 71.1 Å². The van der Waals surface area contributed by atoms with Crippen LogP contribution in [-0.4, -0.2) is 53.9 Å². The van der Waals surface area contributed by atoms with E-state index in [4.69, 9.17) is 10.5 Å². The Morgan fingerprint density at radius 2 is 2.38 bits per heavy atom.